The van der Waals surface area contributed by atoms with Crippen molar-refractivity contribution in [3.63, 3.8) is 0 Å². The first-order valence-electron chi connectivity index (χ1n) is 6.23. The van der Waals surface area contributed by atoms with Crippen molar-refractivity contribution in [2.24, 2.45) is 0 Å². The zero-order chi connectivity index (χ0) is 13.7. The number of halogens is 2. The molecule has 104 valence electrons. The van der Waals surface area contributed by atoms with E-state index in [0.29, 0.717) is 5.75 Å². The minimum absolute atomic E-state index is 0.123. The summed E-state index contributed by atoms with van der Waals surface area (Å²) in [5.74, 6) is -0.329. The van der Waals surface area contributed by atoms with Gasteiger partial charge in [-0.1, -0.05) is 11.6 Å². The zero-order valence-corrected chi connectivity index (χ0v) is 11.2. The molecule has 19 heavy (non-hydrogen) atoms. The molecule has 0 aromatic heterocycles. The first-order valence-corrected chi connectivity index (χ1v) is 6.61. The zero-order valence-electron chi connectivity index (χ0n) is 10.4. The van der Waals surface area contributed by atoms with Crippen molar-refractivity contribution < 1.29 is 13.9 Å². The van der Waals surface area contributed by atoms with Crippen LogP contribution < -0.4 is 15.4 Å². The molecule has 0 saturated carbocycles. The van der Waals surface area contributed by atoms with Crippen LogP contribution in [0.5, 0.6) is 5.75 Å². The number of hydrogen-bond donors (Lipinski definition) is 2. The van der Waals surface area contributed by atoms with Crippen LogP contribution >= 0.6 is 11.6 Å². The van der Waals surface area contributed by atoms with Crippen LogP contribution in [-0.4, -0.2) is 31.6 Å². The minimum atomic E-state index is -0.435. The summed E-state index contributed by atoms with van der Waals surface area (Å²) in [6.07, 6.45) is 2.02. The lowest BCUT2D eigenvalue weighted by Crippen LogP contribution is -2.47. The lowest BCUT2D eigenvalue weighted by molar-refractivity contribution is -0.123. The molecule has 6 heteroatoms. The molecule has 0 spiro atoms. The van der Waals surface area contributed by atoms with Gasteiger partial charge in [-0.2, -0.15) is 0 Å². The SMILES string of the molecule is O=C(COc1ccc(F)cc1Cl)NC1CCCNC1. The Hall–Kier alpha value is -1.33. The molecule has 2 rings (SSSR count). The Balaban J connectivity index is 1.79. The monoisotopic (exact) mass is 286 g/mol. The van der Waals surface area contributed by atoms with Gasteiger partial charge in [0, 0.05) is 12.6 Å². The predicted octanol–water partition coefficient (Wildman–Crippen LogP) is 1.73. The van der Waals surface area contributed by atoms with Gasteiger partial charge < -0.3 is 15.4 Å². The molecular formula is C13H16ClFN2O2. The average Bonchev–Trinajstić information content (AvgIpc) is 2.39. The summed E-state index contributed by atoms with van der Waals surface area (Å²) >= 11 is 5.80. The first kappa shape index (κ1) is 14.1. The molecule has 4 nitrogen and oxygen atoms in total. The van der Waals surface area contributed by atoms with Crippen molar-refractivity contribution in [1.29, 1.82) is 0 Å². The van der Waals surface area contributed by atoms with Gasteiger partial charge in [-0.3, -0.25) is 4.79 Å². The number of nitrogens with one attached hydrogen (secondary N) is 2. The Kier molecular flexibility index (Phi) is 4.99. The van der Waals surface area contributed by atoms with Crippen molar-refractivity contribution in [1.82, 2.24) is 10.6 Å². The molecule has 1 fully saturated rings. The molecule has 1 aromatic carbocycles. The lowest BCUT2D eigenvalue weighted by Gasteiger charge is -2.23. The molecular weight excluding hydrogens is 271 g/mol. The normalized spacial score (nSPS) is 18.9. The fourth-order valence-corrected chi connectivity index (χ4v) is 2.20. The van der Waals surface area contributed by atoms with E-state index in [-0.39, 0.29) is 23.6 Å². The summed E-state index contributed by atoms with van der Waals surface area (Å²) in [7, 11) is 0. The fraction of sp³-hybridized carbons (Fsp3) is 0.462. The van der Waals surface area contributed by atoms with Crippen LogP contribution in [0.3, 0.4) is 0 Å². The topological polar surface area (TPSA) is 50.4 Å². The van der Waals surface area contributed by atoms with E-state index in [1.54, 1.807) is 0 Å². The smallest absolute Gasteiger partial charge is 0.258 e. The van der Waals surface area contributed by atoms with Gasteiger partial charge in [-0.25, -0.2) is 4.39 Å². The van der Waals surface area contributed by atoms with Crippen LogP contribution in [0.4, 0.5) is 4.39 Å². The number of carbonyl (C=O) groups is 1. The number of benzene rings is 1. The second-order valence-electron chi connectivity index (χ2n) is 4.47. The molecule has 1 aliphatic heterocycles. The van der Waals surface area contributed by atoms with Crippen LogP contribution in [0.25, 0.3) is 0 Å². The second-order valence-corrected chi connectivity index (χ2v) is 4.88. The average molecular weight is 287 g/mol. The highest BCUT2D eigenvalue weighted by molar-refractivity contribution is 6.32. The standard InChI is InChI=1S/C13H16ClFN2O2/c14-11-6-9(15)3-4-12(11)19-8-13(18)17-10-2-1-5-16-7-10/h3-4,6,10,16H,1-2,5,7-8H2,(H,17,18). The van der Waals surface area contributed by atoms with Crippen LogP contribution in [0, 0.1) is 5.82 Å². The Bertz CT molecular complexity index is 450. The van der Waals surface area contributed by atoms with Gasteiger partial charge in [0.05, 0.1) is 5.02 Å². The highest BCUT2D eigenvalue weighted by Gasteiger charge is 2.15. The number of ether oxygens (including phenoxy) is 1. The van der Waals surface area contributed by atoms with Crippen molar-refractivity contribution >= 4 is 17.5 Å². The molecule has 0 radical (unpaired) electrons. The van der Waals surface area contributed by atoms with Crippen molar-refractivity contribution in [3.05, 3.63) is 29.0 Å². The summed E-state index contributed by atoms with van der Waals surface area (Å²) in [6, 6.07) is 3.95. The molecule has 1 atom stereocenters. The van der Waals surface area contributed by atoms with Crippen molar-refractivity contribution in [2.45, 2.75) is 18.9 Å². The van der Waals surface area contributed by atoms with E-state index in [2.05, 4.69) is 10.6 Å². The highest BCUT2D eigenvalue weighted by Crippen LogP contribution is 2.24. The lowest BCUT2D eigenvalue weighted by atomic mass is 10.1. The van der Waals surface area contributed by atoms with Crippen LogP contribution in [0.15, 0.2) is 18.2 Å². The summed E-state index contributed by atoms with van der Waals surface area (Å²) in [6.45, 7) is 1.65. The Morgan fingerprint density at radius 1 is 1.58 bits per heavy atom. The fourth-order valence-electron chi connectivity index (χ4n) is 1.98. The van der Waals surface area contributed by atoms with Gasteiger partial charge in [0.15, 0.2) is 6.61 Å². The van der Waals surface area contributed by atoms with E-state index in [1.807, 2.05) is 0 Å². The molecule has 1 unspecified atom stereocenters. The first-order chi connectivity index (χ1) is 9.15. The molecule has 0 bridgehead atoms. The Labute approximate surface area is 116 Å². The summed E-state index contributed by atoms with van der Waals surface area (Å²) < 4.78 is 18.1. The minimum Gasteiger partial charge on any atom is -0.482 e. The quantitative estimate of drug-likeness (QED) is 0.886. The van der Waals surface area contributed by atoms with Gasteiger partial charge in [-0.05, 0) is 37.6 Å². The number of hydrogen-bond acceptors (Lipinski definition) is 3. The molecule has 1 aromatic rings. The molecule has 1 aliphatic rings. The largest absolute Gasteiger partial charge is 0.482 e. The summed E-state index contributed by atoms with van der Waals surface area (Å²) in [5.41, 5.74) is 0. The summed E-state index contributed by atoms with van der Waals surface area (Å²) in [5, 5.41) is 6.25. The highest BCUT2D eigenvalue weighted by atomic mass is 35.5. The Morgan fingerprint density at radius 2 is 2.42 bits per heavy atom. The third-order valence-corrected chi connectivity index (χ3v) is 3.21. The summed E-state index contributed by atoms with van der Waals surface area (Å²) in [4.78, 5) is 11.7. The number of carbonyl (C=O) groups excluding carboxylic acids is 1. The maximum atomic E-state index is 12.8. The predicted molar refractivity (Wildman–Crippen MR) is 70.9 cm³/mol. The number of amides is 1. The van der Waals surface area contributed by atoms with Crippen LogP contribution in [0.1, 0.15) is 12.8 Å². The number of piperidine rings is 1. The third-order valence-electron chi connectivity index (χ3n) is 2.91. The van der Waals surface area contributed by atoms with E-state index in [1.165, 1.54) is 12.1 Å². The van der Waals surface area contributed by atoms with Gasteiger partial charge >= 0.3 is 0 Å². The van der Waals surface area contributed by atoms with Crippen LogP contribution in [-0.2, 0) is 4.79 Å². The van der Waals surface area contributed by atoms with Crippen LogP contribution in [0.2, 0.25) is 5.02 Å². The maximum absolute atomic E-state index is 12.8. The Morgan fingerprint density at radius 3 is 3.11 bits per heavy atom. The molecule has 1 saturated heterocycles. The maximum Gasteiger partial charge on any atom is 0.258 e. The number of rotatable bonds is 4. The molecule has 0 aliphatic carbocycles. The molecule has 2 N–H and O–H groups in total. The molecule has 1 heterocycles. The van der Waals surface area contributed by atoms with Crippen molar-refractivity contribution in [3.8, 4) is 5.75 Å². The van der Waals surface area contributed by atoms with E-state index >= 15 is 0 Å². The van der Waals surface area contributed by atoms with E-state index in [9.17, 15) is 9.18 Å². The van der Waals surface area contributed by atoms with Gasteiger partial charge in [-0.15, -0.1) is 0 Å². The van der Waals surface area contributed by atoms with E-state index in [4.69, 9.17) is 16.3 Å². The van der Waals surface area contributed by atoms with Gasteiger partial charge in [0.1, 0.15) is 11.6 Å². The van der Waals surface area contributed by atoms with E-state index < -0.39 is 5.82 Å². The second kappa shape index (κ2) is 6.73. The van der Waals surface area contributed by atoms with Crippen molar-refractivity contribution in [2.75, 3.05) is 19.7 Å². The third kappa shape index (κ3) is 4.36. The van der Waals surface area contributed by atoms with Gasteiger partial charge in [0.2, 0.25) is 0 Å². The van der Waals surface area contributed by atoms with E-state index in [0.717, 1.165) is 32.0 Å². The van der Waals surface area contributed by atoms with Gasteiger partial charge in [0.25, 0.3) is 5.91 Å². The molecule has 1 amide bonds.